The van der Waals surface area contributed by atoms with E-state index in [1.807, 2.05) is 24.3 Å². The third-order valence-corrected chi connectivity index (χ3v) is 5.49. The monoisotopic (exact) mass is 400 g/mol. The Morgan fingerprint density at radius 1 is 1.10 bits per heavy atom. The minimum Gasteiger partial charge on any atom is -0.493 e. The van der Waals surface area contributed by atoms with E-state index in [0.717, 1.165) is 41.9 Å². The van der Waals surface area contributed by atoms with Crippen LogP contribution < -0.4 is 15.2 Å². The highest BCUT2D eigenvalue weighted by molar-refractivity contribution is 5.84. The fourth-order valence-corrected chi connectivity index (χ4v) is 4.11. The number of rotatable bonds is 5. The van der Waals surface area contributed by atoms with Crippen LogP contribution in [0.3, 0.4) is 0 Å². The Labute approximate surface area is 176 Å². The van der Waals surface area contributed by atoms with Gasteiger partial charge in [-0.25, -0.2) is 4.98 Å². The molecule has 0 saturated carbocycles. The number of nitrogens with zero attached hydrogens (tertiary/aromatic N) is 3. The molecule has 6 heteroatoms. The zero-order valence-corrected chi connectivity index (χ0v) is 17.2. The van der Waals surface area contributed by atoms with Crippen molar-refractivity contribution in [3.63, 3.8) is 0 Å². The van der Waals surface area contributed by atoms with Gasteiger partial charge >= 0.3 is 0 Å². The number of methoxy groups -OCH3 is 2. The van der Waals surface area contributed by atoms with Gasteiger partial charge in [-0.15, -0.1) is 0 Å². The normalized spacial score (nSPS) is 13.4. The first kappa shape index (κ1) is 19.7. The molecule has 30 heavy (non-hydrogen) atoms. The molecule has 6 nitrogen and oxygen atoms in total. The molecule has 4 rings (SSSR count). The molecule has 0 spiro atoms. The van der Waals surface area contributed by atoms with Gasteiger partial charge in [0.1, 0.15) is 17.5 Å². The summed E-state index contributed by atoms with van der Waals surface area (Å²) < 4.78 is 11.1. The summed E-state index contributed by atoms with van der Waals surface area (Å²) in [7, 11) is 3.21. The summed E-state index contributed by atoms with van der Waals surface area (Å²) in [6.45, 7) is 2.40. The predicted molar refractivity (Wildman–Crippen MR) is 116 cm³/mol. The lowest BCUT2D eigenvalue weighted by atomic mass is 9.90. The molecule has 0 unspecified atom stereocenters. The highest BCUT2D eigenvalue weighted by Crippen LogP contribution is 2.43. The van der Waals surface area contributed by atoms with E-state index in [1.165, 1.54) is 5.56 Å². The van der Waals surface area contributed by atoms with E-state index in [0.29, 0.717) is 23.6 Å². The van der Waals surface area contributed by atoms with Crippen LogP contribution in [0, 0.1) is 11.3 Å². The van der Waals surface area contributed by atoms with Crippen LogP contribution in [-0.2, 0) is 19.5 Å². The van der Waals surface area contributed by atoms with Crippen molar-refractivity contribution < 1.29 is 9.47 Å². The van der Waals surface area contributed by atoms with Gasteiger partial charge in [0.25, 0.3) is 0 Å². The Balaban J connectivity index is 1.84. The third kappa shape index (κ3) is 3.56. The first-order valence-electron chi connectivity index (χ1n) is 9.85. The average Bonchev–Trinajstić information content (AvgIpc) is 2.78. The Bertz CT molecular complexity index is 1110. The van der Waals surface area contributed by atoms with Crippen molar-refractivity contribution in [2.75, 3.05) is 26.5 Å². The molecule has 2 heterocycles. The van der Waals surface area contributed by atoms with E-state index in [2.05, 4.69) is 40.2 Å². The molecule has 1 aromatic heterocycles. The number of hydrogen-bond acceptors (Lipinski definition) is 6. The second kappa shape index (κ2) is 8.44. The molecule has 0 fully saturated rings. The molecule has 1 aliphatic heterocycles. The SMILES string of the molecule is COc1cccc(-c2c(C#N)c(N)nc3c2CN(Cc2ccccc2)CC3)c1OC. The number of hydrogen-bond donors (Lipinski definition) is 1. The van der Waals surface area contributed by atoms with Gasteiger partial charge in [-0.1, -0.05) is 42.5 Å². The molecular weight excluding hydrogens is 376 g/mol. The van der Waals surface area contributed by atoms with Crippen molar-refractivity contribution in [2.45, 2.75) is 19.5 Å². The topological polar surface area (TPSA) is 84.4 Å². The standard InChI is InChI=1S/C24H24N4O2/c1-29-21-10-6-9-17(23(21)30-2)22-18(13-25)24(26)27-20-11-12-28(15-19(20)22)14-16-7-4-3-5-8-16/h3-10H,11-12,14-15H2,1-2H3,(H2,26,27). The number of pyridine rings is 1. The van der Waals surface area contributed by atoms with Crippen LogP contribution in [0.15, 0.2) is 48.5 Å². The van der Waals surface area contributed by atoms with E-state index >= 15 is 0 Å². The Morgan fingerprint density at radius 2 is 1.90 bits per heavy atom. The molecule has 0 bridgehead atoms. The number of benzene rings is 2. The van der Waals surface area contributed by atoms with Crippen LogP contribution in [0.2, 0.25) is 0 Å². The maximum absolute atomic E-state index is 9.90. The summed E-state index contributed by atoms with van der Waals surface area (Å²) in [5.41, 5.74) is 11.4. The lowest BCUT2D eigenvalue weighted by Crippen LogP contribution is -2.31. The van der Waals surface area contributed by atoms with Crippen LogP contribution in [0.5, 0.6) is 11.5 Å². The minimum absolute atomic E-state index is 0.257. The van der Waals surface area contributed by atoms with Crippen molar-refractivity contribution in [2.24, 2.45) is 0 Å². The van der Waals surface area contributed by atoms with Gasteiger partial charge in [0.05, 0.1) is 14.2 Å². The van der Waals surface area contributed by atoms with Gasteiger partial charge in [0.15, 0.2) is 11.5 Å². The van der Waals surface area contributed by atoms with Crippen LogP contribution >= 0.6 is 0 Å². The molecular formula is C24H24N4O2. The summed E-state index contributed by atoms with van der Waals surface area (Å²) in [5.74, 6) is 1.46. The van der Waals surface area contributed by atoms with Crippen LogP contribution in [0.25, 0.3) is 11.1 Å². The highest BCUT2D eigenvalue weighted by Gasteiger charge is 2.27. The molecule has 2 N–H and O–H groups in total. The van der Waals surface area contributed by atoms with Gasteiger partial charge < -0.3 is 15.2 Å². The molecule has 0 atom stereocenters. The zero-order valence-electron chi connectivity index (χ0n) is 17.2. The third-order valence-electron chi connectivity index (χ3n) is 5.49. The van der Waals surface area contributed by atoms with Crippen LogP contribution in [-0.4, -0.2) is 30.6 Å². The Hall–Kier alpha value is -3.56. The van der Waals surface area contributed by atoms with Crippen molar-refractivity contribution in [3.05, 3.63) is 70.9 Å². The molecule has 0 radical (unpaired) electrons. The van der Waals surface area contributed by atoms with Crippen molar-refractivity contribution in [1.29, 1.82) is 5.26 Å². The van der Waals surface area contributed by atoms with Gasteiger partial charge in [-0.3, -0.25) is 4.90 Å². The smallest absolute Gasteiger partial charge is 0.168 e. The average molecular weight is 400 g/mol. The number of ether oxygens (including phenoxy) is 2. The summed E-state index contributed by atoms with van der Waals surface area (Å²) in [4.78, 5) is 6.93. The minimum atomic E-state index is 0.257. The molecule has 0 aliphatic carbocycles. The summed E-state index contributed by atoms with van der Waals surface area (Å²) in [5, 5.41) is 9.90. The number of fused-ring (bicyclic) bond motifs is 1. The number of para-hydroxylation sites is 1. The lowest BCUT2D eigenvalue weighted by molar-refractivity contribution is 0.244. The Morgan fingerprint density at radius 3 is 2.60 bits per heavy atom. The van der Waals surface area contributed by atoms with Crippen molar-refractivity contribution in [3.8, 4) is 28.7 Å². The van der Waals surface area contributed by atoms with Gasteiger partial charge in [0, 0.05) is 42.9 Å². The first-order chi connectivity index (χ1) is 14.7. The van der Waals surface area contributed by atoms with Gasteiger partial charge in [-0.05, 0) is 17.2 Å². The fraction of sp³-hybridized carbons (Fsp3) is 0.250. The summed E-state index contributed by atoms with van der Waals surface area (Å²) >= 11 is 0. The predicted octanol–water partition coefficient (Wildman–Crippen LogP) is 3.78. The molecule has 3 aromatic rings. The molecule has 2 aromatic carbocycles. The van der Waals surface area contributed by atoms with Gasteiger partial charge in [-0.2, -0.15) is 5.26 Å². The number of aromatic nitrogens is 1. The number of nitrogen functional groups attached to an aromatic ring is 1. The van der Waals surface area contributed by atoms with Crippen molar-refractivity contribution >= 4 is 5.82 Å². The second-order valence-corrected chi connectivity index (χ2v) is 7.27. The van der Waals surface area contributed by atoms with E-state index in [4.69, 9.17) is 15.2 Å². The maximum Gasteiger partial charge on any atom is 0.168 e. The van der Waals surface area contributed by atoms with E-state index < -0.39 is 0 Å². The molecule has 1 aliphatic rings. The van der Waals surface area contributed by atoms with E-state index in [1.54, 1.807) is 14.2 Å². The molecule has 0 amide bonds. The quantitative estimate of drug-likeness (QED) is 0.702. The van der Waals surface area contributed by atoms with Crippen LogP contribution in [0.1, 0.15) is 22.4 Å². The number of anilines is 1. The van der Waals surface area contributed by atoms with Crippen LogP contribution in [0.4, 0.5) is 5.82 Å². The fourth-order valence-electron chi connectivity index (χ4n) is 4.11. The second-order valence-electron chi connectivity index (χ2n) is 7.27. The van der Waals surface area contributed by atoms with Gasteiger partial charge in [0.2, 0.25) is 0 Å². The highest BCUT2D eigenvalue weighted by atomic mass is 16.5. The summed E-state index contributed by atoms with van der Waals surface area (Å²) in [6, 6.07) is 18.3. The number of nitriles is 1. The van der Waals surface area contributed by atoms with E-state index in [9.17, 15) is 5.26 Å². The first-order valence-corrected chi connectivity index (χ1v) is 9.85. The maximum atomic E-state index is 9.90. The summed E-state index contributed by atoms with van der Waals surface area (Å²) in [6.07, 6.45) is 0.775. The van der Waals surface area contributed by atoms with E-state index in [-0.39, 0.29) is 5.82 Å². The zero-order chi connectivity index (χ0) is 21.1. The number of nitrogens with two attached hydrogens (primary N) is 1. The largest absolute Gasteiger partial charge is 0.493 e. The molecule has 152 valence electrons. The lowest BCUT2D eigenvalue weighted by Gasteiger charge is -2.31. The van der Waals surface area contributed by atoms with Crippen molar-refractivity contribution in [1.82, 2.24) is 9.88 Å². The Kier molecular flexibility index (Phi) is 5.55. The molecule has 0 saturated heterocycles.